The zero-order valence-corrected chi connectivity index (χ0v) is 16.3. The van der Waals surface area contributed by atoms with E-state index in [1.165, 1.54) is 44.1 Å². The molecule has 5 rings (SSSR count). The normalized spacial score (nSPS) is 36.8. The Morgan fingerprint density at radius 3 is 2.67 bits per heavy atom. The quantitative estimate of drug-likeness (QED) is 0.670. The smallest absolute Gasteiger partial charge is 0.220 e. The summed E-state index contributed by atoms with van der Waals surface area (Å²) in [7, 11) is 0. The summed E-state index contributed by atoms with van der Waals surface area (Å²) < 4.78 is 0.331. The first-order valence-corrected chi connectivity index (χ1v) is 10.3. The number of amides is 1. The Morgan fingerprint density at radius 2 is 2.00 bits per heavy atom. The van der Waals surface area contributed by atoms with Crippen molar-refractivity contribution in [2.24, 2.45) is 17.3 Å². The summed E-state index contributed by atoms with van der Waals surface area (Å²) in [6.45, 7) is 0.696. The van der Waals surface area contributed by atoms with Crippen molar-refractivity contribution in [2.75, 3.05) is 6.54 Å². The van der Waals surface area contributed by atoms with Crippen LogP contribution in [0.15, 0.2) is 24.3 Å². The molecule has 130 valence electrons. The number of carbonyl (C=O) groups is 1. The Balaban J connectivity index is 1.32. The van der Waals surface area contributed by atoms with Gasteiger partial charge in [-0.1, -0.05) is 39.7 Å². The summed E-state index contributed by atoms with van der Waals surface area (Å²) in [6.07, 6.45) is 9.30. The van der Waals surface area contributed by atoms with E-state index in [1.807, 2.05) is 18.2 Å². The topological polar surface area (TPSA) is 29.1 Å². The minimum Gasteiger partial charge on any atom is -0.356 e. The van der Waals surface area contributed by atoms with Gasteiger partial charge < -0.3 is 5.32 Å². The van der Waals surface area contributed by atoms with Gasteiger partial charge in [0.15, 0.2) is 0 Å². The standard InChI is InChI=1S/C20H25BrClNO/c21-20-10-15-6-16(11-20)9-19(8-15,13-20)12-18(24)23-5-4-14-2-1-3-17(22)7-14/h1-3,7,15-16H,4-6,8-13H2,(H,23,24)/t15-,16-,19?,20?/m1/s1. The predicted molar refractivity (Wildman–Crippen MR) is 102 cm³/mol. The molecule has 1 amide bonds. The highest BCUT2D eigenvalue weighted by Crippen LogP contribution is 2.65. The van der Waals surface area contributed by atoms with Gasteiger partial charge >= 0.3 is 0 Å². The van der Waals surface area contributed by atoms with Crippen LogP contribution < -0.4 is 5.32 Å². The minimum absolute atomic E-state index is 0.232. The molecule has 2 nitrogen and oxygen atoms in total. The molecule has 4 heteroatoms. The first-order chi connectivity index (χ1) is 11.4. The van der Waals surface area contributed by atoms with E-state index in [-0.39, 0.29) is 11.3 Å². The summed E-state index contributed by atoms with van der Waals surface area (Å²) in [4.78, 5) is 12.5. The SMILES string of the molecule is O=C(CC12C[C@H]3C[C@@H](CC(Br)(C3)C1)C2)NCCc1cccc(Cl)c1. The molecule has 0 aromatic heterocycles. The van der Waals surface area contributed by atoms with Gasteiger partial charge in [0.2, 0.25) is 5.91 Å². The highest BCUT2D eigenvalue weighted by molar-refractivity contribution is 9.10. The fourth-order valence-electron chi connectivity index (χ4n) is 5.98. The largest absolute Gasteiger partial charge is 0.356 e. The molecule has 4 saturated carbocycles. The molecule has 1 N–H and O–H groups in total. The minimum atomic E-state index is 0.232. The number of benzene rings is 1. The first-order valence-electron chi connectivity index (χ1n) is 9.14. The van der Waals surface area contributed by atoms with Crippen LogP contribution in [0.25, 0.3) is 0 Å². The summed E-state index contributed by atoms with van der Waals surface area (Å²) >= 11 is 10.0. The summed E-state index contributed by atoms with van der Waals surface area (Å²) in [6, 6.07) is 7.88. The first kappa shape index (κ1) is 16.9. The van der Waals surface area contributed by atoms with Crippen LogP contribution in [0.3, 0.4) is 0 Å². The van der Waals surface area contributed by atoms with Crippen molar-refractivity contribution in [3.05, 3.63) is 34.9 Å². The highest BCUT2D eigenvalue weighted by Gasteiger charge is 2.57. The van der Waals surface area contributed by atoms with E-state index < -0.39 is 0 Å². The second-order valence-corrected chi connectivity index (χ2v) is 10.6. The van der Waals surface area contributed by atoms with Gasteiger partial charge in [-0.15, -0.1) is 0 Å². The van der Waals surface area contributed by atoms with E-state index in [2.05, 4.69) is 27.3 Å². The number of halogens is 2. The second-order valence-electron chi connectivity index (χ2n) is 8.52. The van der Waals surface area contributed by atoms with E-state index in [4.69, 9.17) is 11.6 Å². The van der Waals surface area contributed by atoms with Crippen LogP contribution in [-0.2, 0) is 11.2 Å². The Hall–Kier alpha value is -0.540. The Bertz CT molecular complexity index is 632. The van der Waals surface area contributed by atoms with E-state index in [0.29, 0.717) is 17.3 Å². The third kappa shape index (κ3) is 3.53. The Labute approximate surface area is 157 Å². The van der Waals surface area contributed by atoms with Crippen molar-refractivity contribution in [1.29, 1.82) is 0 Å². The van der Waals surface area contributed by atoms with Gasteiger partial charge in [0.25, 0.3) is 0 Å². The van der Waals surface area contributed by atoms with Gasteiger partial charge in [0.1, 0.15) is 0 Å². The predicted octanol–water partition coefficient (Wildman–Crippen LogP) is 5.12. The van der Waals surface area contributed by atoms with Crippen molar-refractivity contribution in [1.82, 2.24) is 5.32 Å². The number of alkyl halides is 1. The monoisotopic (exact) mass is 409 g/mol. The Kier molecular flexibility index (Phi) is 4.45. The van der Waals surface area contributed by atoms with Gasteiger partial charge in [0, 0.05) is 22.3 Å². The summed E-state index contributed by atoms with van der Waals surface area (Å²) in [5.41, 5.74) is 1.44. The van der Waals surface area contributed by atoms with Crippen molar-refractivity contribution in [3.8, 4) is 0 Å². The number of hydrogen-bond donors (Lipinski definition) is 1. The molecule has 1 aromatic carbocycles. The van der Waals surface area contributed by atoms with Gasteiger partial charge in [-0.3, -0.25) is 4.79 Å². The lowest BCUT2D eigenvalue weighted by Crippen LogP contribution is -2.54. The summed E-state index contributed by atoms with van der Waals surface area (Å²) in [5, 5.41) is 3.90. The van der Waals surface area contributed by atoms with Crippen molar-refractivity contribution in [2.45, 2.75) is 55.7 Å². The molecule has 2 atom stereocenters. The maximum Gasteiger partial charge on any atom is 0.220 e. The fraction of sp³-hybridized carbons (Fsp3) is 0.650. The fourth-order valence-corrected chi connectivity index (χ4v) is 7.71. The number of nitrogens with one attached hydrogen (secondary N) is 1. The lowest BCUT2D eigenvalue weighted by atomic mass is 9.48. The van der Waals surface area contributed by atoms with Crippen molar-refractivity contribution in [3.63, 3.8) is 0 Å². The van der Waals surface area contributed by atoms with Crippen molar-refractivity contribution < 1.29 is 4.79 Å². The van der Waals surface area contributed by atoms with Crippen molar-refractivity contribution >= 4 is 33.4 Å². The maximum atomic E-state index is 12.5. The van der Waals surface area contributed by atoms with E-state index in [0.717, 1.165) is 23.3 Å². The molecule has 0 heterocycles. The molecule has 4 aliphatic carbocycles. The molecule has 24 heavy (non-hydrogen) atoms. The Morgan fingerprint density at radius 1 is 1.25 bits per heavy atom. The molecule has 0 aliphatic heterocycles. The lowest BCUT2D eigenvalue weighted by Gasteiger charge is -2.60. The van der Waals surface area contributed by atoms with Gasteiger partial charge in [0.05, 0.1) is 0 Å². The van der Waals surface area contributed by atoms with E-state index >= 15 is 0 Å². The van der Waals surface area contributed by atoms with Gasteiger partial charge in [-0.05, 0) is 79.9 Å². The zero-order valence-electron chi connectivity index (χ0n) is 14.0. The van der Waals surface area contributed by atoms with Crippen LogP contribution in [0.4, 0.5) is 0 Å². The van der Waals surface area contributed by atoms with Crippen LogP contribution in [0, 0.1) is 17.3 Å². The average molecular weight is 411 g/mol. The molecule has 4 aliphatic rings. The average Bonchev–Trinajstić information content (AvgIpc) is 2.43. The highest BCUT2D eigenvalue weighted by atomic mass is 79.9. The maximum absolute atomic E-state index is 12.5. The third-order valence-corrected chi connectivity index (χ3v) is 7.43. The molecular weight excluding hydrogens is 386 g/mol. The lowest BCUT2D eigenvalue weighted by molar-refractivity contribution is -0.128. The molecule has 0 spiro atoms. The second kappa shape index (κ2) is 6.32. The molecular formula is C20H25BrClNO. The molecule has 4 fully saturated rings. The zero-order chi connectivity index (χ0) is 16.8. The molecule has 0 saturated heterocycles. The summed E-state index contributed by atoms with van der Waals surface area (Å²) in [5.74, 6) is 1.91. The van der Waals surface area contributed by atoms with E-state index in [9.17, 15) is 4.79 Å². The molecule has 0 radical (unpaired) electrons. The van der Waals surface area contributed by atoms with Crippen LogP contribution in [0.5, 0.6) is 0 Å². The molecule has 4 bridgehead atoms. The van der Waals surface area contributed by atoms with Gasteiger partial charge in [-0.25, -0.2) is 0 Å². The number of carbonyl (C=O) groups excluding carboxylic acids is 1. The molecule has 0 unspecified atom stereocenters. The van der Waals surface area contributed by atoms with Crippen LogP contribution in [0.1, 0.15) is 50.5 Å². The van der Waals surface area contributed by atoms with Crippen LogP contribution in [0.2, 0.25) is 5.02 Å². The van der Waals surface area contributed by atoms with Gasteiger partial charge in [-0.2, -0.15) is 0 Å². The molecule has 1 aromatic rings. The third-order valence-electron chi connectivity index (χ3n) is 6.27. The van der Waals surface area contributed by atoms with E-state index in [1.54, 1.807) is 0 Å². The number of rotatable bonds is 5. The van der Waals surface area contributed by atoms with Crippen LogP contribution in [-0.4, -0.2) is 16.8 Å². The number of hydrogen-bond acceptors (Lipinski definition) is 1. The van der Waals surface area contributed by atoms with Crippen LogP contribution >= 0.6 is 27.5 Å².